The highest BCUT2D eigenvalue weighted by Gasteiger charge is 2.03. The lowest BCUT2D eigenvalue weighted by molar-refractivity contribution is 0.149. The normalized spacial score (nSPS) is 9.94. The van der Waals surface area contributed by atoms with Gasteiger partial charge in [-0.25, -0.2) is 0 Å². The number of methoxy groups -OCH3 is 1. The molecule has 0 saturated carbocycles. The van der Waals surface area contributed by atoms with Gasteiger partial charge in [0.1, 0.15) is 5.75 Å². The number of benzene rings is 1. The van der Waals surface area contributed by atoms with Gasteiger partial charge in [-0.15, -0.1) is 0 Å². The Labute approximate surface area is 102 Å². The van der Waals surface area contributed by atoms with E-state index in [4.69, 9.17) is 14.7 Å². The third-order valence-electron chi connectivity index (χ3n) is 2.35. The second-order valence-corrected chi connectivity index (χ2v) is 3.51. The van der Waals surface area contributed by atoms with Crippen LogP contribution in [0.1, 0.15) is 18.1 Å². The quantitative estimate of drug-likeness (QED) is 0.729. The van der Waals surface area contributed by atoms with Crippen LogP contribution in [0.25, 0.3) is 0 Å². The topological polar surface area (TPSA) is 54.3 Å². The van der Waals surface area contributed by atoms with Crippen LogP contribution in [-0.2, 0) is 11.3 Å². The number of ether oxygens (including phenoxy) is 2. The fourth-order valence-electron chi connectivity index (χ4n) is 1.50. The summed E-state index contributed by atoms with van der Waals surface area (Å²) in [6, 6.07) is 7.53. The van der Waals surface area contributed by atoms with Crippen molar-refractivity contribution < 1.29 is 9.47 Å². The van der Waals surface area contributed by atoms with Crippen LogP contribution >= 0.6 is 0 Å². The number of nitrogens with one attached hydrogen (secondary N) is 1. The molecule has 0 spiro atoms. The third kappa shape index (κ3) is 4.43. The SMILES string of the molecule is CCOCCNCc1cc(C#N)ccc1OC. The molecule has 4 heteroatoms. The standard InChI is InChI=1S/C13H18N2O2/c1-3-17-7-6-15-10-12-8-11(9-14)4-5-13(12)16-2/h4-5,8,15H,3,6-7,10H2,1-2H3. The van der Waals surface area contributed by atoms with Gasteiger partial charge in [0.2, 0.25) is 0 Å². The van der Waals surface area contributed by atoms with E-state index in [9.17, 15) is 0 Å². The lowest BCUT2D eigenvalue weighted by Gasteiger charge is -2.10. The Morgan fingerprint density at radius 1 is 1.41 bits per heavy atom. The van der Waals surface area contributed by atoms with Crippen molar-refractivity contribution in [3.63, 3.8) is 0 Å². The Balaban J connectivity index is 2.53. The predicted molar refractivity (Wildman–Crippen MR) is 65.9 cm³/mol. The summed E-state index contributed by atoms with van der Waals surface area (Å²) in [5.74, 6) is 0.799. The summed E-state index contributed by atoms with van der Waals surface area (Å²) >= 11 is 0. The highest BCUT2D eigenvalue weighted by atomic mass is 16.5. The molecule has 1 N–H and O–H groups in total. The molecule has 0 amide bonds. The van der Waals surface area contributed by atoms with Crippen LogP contribution < -0.4 is 10.1 Å². The van der Waals surface area contributed by atoms with Gasteiger partial charge in [0.25, 0.3) is 0 Å². The lowest BCUT2D eigenvalue weighted by Crippen LogP contribution is -2.19. The predicted octanol–water partition coefficient (Wildman–Crippen LogP) is 1.69. The van der Waals surface area contributed by atoms with Crippen molar-refractivity contribution in [3.8, 4) is 11.8 Å². The molecular formula is C13H18N2O2. The van der Waals surface area contributed by atoms with Crippen LogP contribution in [0.15, 0.2) is 18.2 Å². The molecule has 0 bridgehead atoms. The first-order chi connectivity index (χ1) is 8.31. The van der Waals surface area contributed by atoms with Crippen LogP contribution in [0, 0.1) is 11.3 Å². The minimum Gasteiger partial charge on any atom is -0.496 e. The Bertz CT molecular complexity index is 385. The molecule has 0 saturated heterocycles. The number of hydrogen-bond donors (Lipinski definition) is 1. The molecule has 17 heavy (non-hydrogen) atoms. The van der Waals surface area contributed by atoms with Gasteiger partial charge >= 0.3 is 0 Å². The smallest absolute Gasteiger partial charge is 0.123 e. The van der Waals surface area contributed by atoms with Gasteiger partial charge in [0, 0.05) is 25.3 Å². The molecule has 0 aliphatic carbocycles. The molecule has 0 aromatic heterocycles. The van der Waals surface area contributed by atoms with Gasteiger partial charge in [0.05, 0.1) is 25.3 Å². The van der Waals surface area contributed by atoms with E-state index in [-0.39, 0.29) is 0 Å². The zero-order valence-electron chi connectivity index (χ0n) is 10.3. The van der Waals surface area contributed by atoms with Gasteiger partial charge in [-0.1, -0.05) is 0 Å². The van der Waals surface area contributed by atoms with Crippen LogP contribution in [-0.4, -0.2) is 26.9 Å². The van der Waals surface area contributed by atoms with Crippen molar-refractivity contribution in [2.45, 2.75) is 13.5 Å². The molecule has 1 rings (SSSR count). The van der Waals surface area contributed by atoms with E-state index in [0.29, 0.717) is 18.7 Å². The Morgan fingerprint density at radius 2 is 2.24 bits per heavy atom. The monoisotopic (exact) mass is 234 g/mol. The summed E-state index contributed by atoms with van der Waals surface area (Å²) in [6.07, 6.45) is 0. The molecule has 0 aliphatic rings. The van der Waals surface area contributed by atoms with Crippen LogP contribution in [0.2, 0.25) is 0 Å². The number of hydrogen-bond acceptors (Lipinski definition) is 4. The number of nitrogens with zero attached hydrogens (tertiary/aromatic N) is 1. The summed E-state index contributed by atoms with van der Waals surface area (Å²) in [5, 5.41) is 12.1. The molecule has 0 unspecified atom stereocenters. The van der Waals surface area contributed by atoms with Gasteiger partial charge in [0.15, 0.2) is 0 Å². The van der Waals surface area contributed by atoms with Crippen LogP contribution in [0.5, 0.6) is 5.75 Å². The molecule has 1 aromatic rings. The van der Waals surface area contributed by atoms with E-state index in [1.807, 2.05) is 19.1 Å². The second kappa shape index (κ2) is 7.66. The van der Waals surface area contributed by atoms with Crippen molar-refractivity contribution in [2.24, 2.45) is 0 Å². The number of rotatable bonds is 7. The summed E-state index contributed by atoms with van der Waals surface area (Å²) in [6.45, 7) is 4.85. The first kappa shape index (κ1) is 13.5. The maximum absolute atomic E-state index is 8.84. The Hall–Kier alpha value is -1.57. The van der Waals surface area contributed by atoms with Crippen molar-refractivity contribution in [1.29, 1.82) is 5.26 Å². The maximum Gasteiger partial charge on any atom is 0.123 e. The first-order valence-electron chi connectivity index (χ1n) is 5.67. The van der Waals surface area contributed by atoms with Crippen molar-refractivity contribution in [3.05, 3.63) is 29.3 Å². The van der Waals surface area contributed by atoms with E-state index in [1.165, 1.54) is 0 Å². The highest BCUT2D eigenvalue weighted by Crippen LogP contribution is 2.19. The van der Waals surface area contributed by atoms with Crippen LogP contribution in [0.3, 0.4) is 0 Å². The minimum absolute atomic E-state index is 0.646. The molecular weight excluding hydrogens is 216 g/mol. The van der Waals surface area contributed by atoms with Crippen molar-refractivity contribution in [1.82, 2.24) is 5.32 Å². The summed E-state index contributed by atoms with van der Waals surface area (Å²) < 4.78 is 10.5. The fraction of sp³-hybridized carbons (Fsp3) is 0.462. The van der Waals surface area contributed by atoms with Gasteiger partial charge < -0.3 is 14.8 Å². The Morgan fingerprint density at radius 3 is 2.88 bits per heavy atom. The summed E-state index contributed by atoms with van der Waals surface area (Å²) in [5.41, 5.74) is 1.63. The molecule has 92 valence electrons. The van der Waals surface area contributed by atoms with Gasteiger partial charge in [-0.2, -0.15) is 5.26 Å². The van der Waals surface area contributed by atoms with Crippen molar-refractivity contribution in [2.75, 3.05) is 26.9 Å². The van der Waals surface area contributed by atoms with E-state index >= 15 is 0 Å². The third-order valence-corrected chi connectivity index (χ3v) is 2.35. The first-order valence-corrected chi connectivity index (χ1v) is 5.67. The molecule has 0 heterocycles. The summed E-state index contributed by atoms with van der Waals surface area (Å²) in [4.78, 5) is 0. The average molecular weight is 234 g/mol. The summed E-state index contributed by atoms with van der Waals surface area (Å²) in [7, 11) is 1.63. The molecule has 1 aromatic carbocycles. The molecule has 0 radical (unpaired) electrons. The molecule has 0 aliphatic heterocycles. The zero-order valence-corrected chi connectivity index (χ0v) is 10.3. The van der Waals surface area contributed by atoms with E-state index in [1.54, 1.807) is 13.2 Å². The molecule has 0 fully saturated rings. The molecule has 0 atom stereocenters. The number of nitriles is 1. The maximum atomic E-state index is 8.84. The van der Waals surface area contributed by atoms with Gasteiger partial charge in [-0.3, -0.25) is 0 Å². The average Bonchev–Trinajstić information content (AvgIpc) is 2.38. The minimum atomic E-state index is 0.646. The van der Waals surface area contributed by atoms with Crippen molar-refractivity contribution >= 4 is 0 Å². The molecule has 4 nitrogen and oxygen atoms in total. The van der Waals surface area contributed by atoms with E-state index in [0.717, 1.165) is 24.5 Å². The highest BCUT2D eigenvalue weighted by molar-refractivity contribution is 5.41. The van der Waals surface area contributed by atoms with Gasteiger partial charge in [-0.05, 0) is 25.1 Å². The fourth-order valence-corrected chi connectivity index (χ4v) is 1.50. The zero-order chi connectivity index (χ0) is 12.5. The van der Waals surface area contributed by atoms with E-state index in [2.05, 4.69) is 11.4 Å². The largest absolute Gasteiger partial charge is 0.496 e. The van der Waals surface area contributed by atoms with Crippen LogP contribution in [0.4, 0.5) is 0 Å². The second-order valence-electron chi connectivity index (χ2n) is 3.51. The van der Waals surface area contributed by atoms with E-state index < -0.39 is 0 Å². The lowest BCUT2D eigenvalue weighted by atomic mass is 10.1. The Kier molecular flexibility index (Phi) is 6.08.